The molecule has 0 spiro atoms. The average molecular weight is 309 g/mol. The fraction of sp³-hybridized carbons (Fsp3) is 0.118. The lowest BCUT2D eigenvalue weighted by Gasteiger charge is -2.04. The summed E-state index contributed by atoms with van der Waals surface area (Å²) in [7, 11) is 0. The molecule has 1 heterocycles. The van der Waals surface area contributed by atoms with E-state index in [1.807, 2.05) is 30.3 Å². The van der Waals surface area contributed by atoms with E-state index < -0.39 is 4.92 Å². The number of nitrogens with one attached hydrogen (secondary N) is 2. The van der Waals surface area contributed by atoms with E-state index in [9.17, 15) is 14.9 Å². The summed E-state index contributed by atoms with van der Waals surface area (Å²) in [5.41, 5.74) is 2.45. The maximum atomic E-state index is 12.1. The van der Waals surface area contributed by atoms with E-state index in [0.717, 1.165) is 16.5 Å². The van der Waals surface area contributed by atoms with Gasteiger partial charge in [0.15, 0.2) is 0 Å². The Morgan fingerprint density at radius 2 is 1.87 bits per heavy atom. The highest BCUT2D eigenvalue weighted by molar-refractivity contribution is 5.97. The van der Waals surface area contributed by atoms with Gasteiger partial charge in [0.1, 0.15) is 5.69 Å². The van der Waals surface area contributed by atoms with Crippen molar-refractivity contribution < 1.29 is 9.72 Å². The minimum absolute atomic E-state index is 0.0656. The van der Waals surface area contributed by atoms with Crippen molar-refractivity contribution in [1.82, 2.24) is 10.3 Å². The molecule has 0 bridgehead atoms. The van der Waals surface area contributed by atoms with Crippen LogP contribution in [-0.4, -0.2) is 22.4 Å². The van der Waals surface area contributed by atoms with Gasteiger partial charge in [0.25, 0.3) is 11.6 Å². The molecule has 0 saturated heterocycles. The van der Waals surface area contributed by atoms with E-state index >= 15 is 0 Å². The number of amides is 1. The number of carbonyl (C=O) groups excluding carboxylic acids is 1. The number of H-pyrrole nitrogens is 1. The zero-order chi connectivity index (χ0) is 16.2. The Morgan fingerprint density at radius 1 is 1.13 bits per heavy atom. The summed E-state index contributed by atoms with van der Waals surface area (Å²) in [4.78, 5) is 25.4. The molecule has 1 aromatic heterocycles. The lowest BCUT2D eigenvalue weighted by atomic mass is 10.1. The maximum Gasteiger partial charge on any atom is 0.269 e. The van der Waals surface area contributed by atoms with Crippen LogP contribution in [0.3, 0.4) is 0 Å². The van der Waals surface area contributed by atoms with E-state index in [-0.39, 0.29) is 11.6 Å². The Bertz CT molecular complexity index is 820. The summed E-state index contributed by atoms with van der Waals surface area (Å²) in [5, 5.41) is 14.4. The lowest BCUT2D eigenvalue weighted by Crippen LogP contribution is -2.25. The Morgan fingerprint density at radius 3 is 2.57 bits per heavy atom. The third kappa shape index (κ3) is 3.37. The van der Waals surface area contributed by atoms with Crippen molar-refractivity contribution in [3.63, 3.8) is 0 Å². The first-order valence-electron chi connectivity index (χ1n) is 7.23. The number of rotatable bonds is 5. The minimum atomic E-state index is -0.429. The van der Waals surface area contributed by atoms with Crippen LogP contribution in [0.4, 0.5) is 5.69 Å². The number of benzene rings is 2. The highest BCUT2D eigenvalue weighted by Gasteiger charge is 2.09. The van der Waals surface area contributed by atoms with Gasteiger partial charge >= 0.3 is 0 Å². The van der Waals surface area contributed by atoms with Crippen LogP contribution in [0.15, 0.2) is 54.6 Å². The molecule has 3 rings (SSSR count). The van der Waals surface area contributed by atoms with Gasteiger partial charge in [-0.25, -0.2) is 0 Å². The van der Waals surface area contributed by atoms with Crippen molar-refractivity contribution >= 4 is 22.5 Å². The quantitative estimate of drug-likeness (QED) is 0.561. The number of hydrogen-bond donors (Lipinski definition) is 2. The zero-order valence-electron chi connectivity index (χ0n) is 12.3. The third-order valence-electron chi connectivity index (χ3n) is 3.62. The first-order valence-corrected chi connectivity index (χ1v) is 7.23. The number of non-ortho nitro benzene ring substituents is 1. The van der Waals surface area contributed by atoms with Crippen LogP contribution in [0.1, 0.15) is 16.1 Å². The molecule has 0 radical (unpaired) electrons. The van der Waals surface area contributed by atoms with Crippen LogP contribution in [0.25, 0.3) is 10.9 Å². The fourth-order valence-corrected chi connectivity index (χ4v) is 2.40. The topological polar surface area (TPSA) is 88.0 Å². The highest BCUT2D eigenvalue weighted by atomic mass is 16.6. The molecule has 6 heteroatoms. The van der Waals surface area contributed by atoms with E-state index in [2.05, 4.69) is 10.3 Å². The molecular weight excluding hydrogens is 294 g/mol. The normalized spacial score (nSPS) is 10.6. The molecule has 3 aromatic rings. The number of hydrogen-bond acceptors (Lipinski definition) is 3. The van der Waals surface area contributed by atoms with Crippen molar-refractivity contribution in [2.24, 2.45) is 0 Å². The molecule has 6 nitrogen and oxygen atoms in total. The summed E-state index contributed by atoms with van der Waals surface area (Å²) in [5.74, 6) is -0.164. The lowest BCUT2D eigenvalue weighted by molar-refractivity contribution is -0.384. The molecule has 0 aliphatic heterocycles. The average Bonchev–Trinajstić information content (AvgIpc) is 2.99. The monoisotopic (exact) mass is 309 g/mol. The van der Waals surface area contributed by atoms with Crippen LogP contribution in [0.5, 0.6) is 0 Å². The predicted octanol–water partition coefficient (Wildman–Crippen LogP) is 3.05. The van der Waals surface area contributed by atoms with Crippen LogP contribution in [0.2, 0.25) is 0 Å². The summed E-state index contributed by atoms with van der Waals surface area (Å²) in [6, 6.07) is 15.9. The molecule has 2 N–H and O–H groups in total. The van der Waals surface area contributed by atoms with Crippen LogP contribution >= 0.6 is 0 Å². The minimum Gasteiger partial charge on any atom is -0.351 e. The van der Waals surface area contributed by atoms with E-state index in [4.69, 9.17) is 0 Å². The van der Waals surface area contributed by atoms with Gasteiger partial charge in [-0.1, -0.05) is 30.3 Å². The van der Waals surface area contributed by atoms with Crippen molar-refractivity contribution in [2.45, 2.75) is 6.42 Å². The van der Waals surface area contributed by atoms with Gasteiger partial charge < -0.3 is 10.3 Å². The number of aromatic nitrogens is 1. The van der Waals surface area contributed by atoms with Gasteiger partial charge in [0.05, 0.1) is 4.92 Å². The van der Waals surface area contributed by atoms with E-state index in [1.165, 1.54) is 12.1 Å². The molecule has 0 unspecified atom stereocenters. The molecule has 0 aliphatic carbocycles. The fourth-order valence-electron chi connectivity index (χ4n) is 2.40. The van der Waals surface area contributed by atoms with Crippen molar-refractivity contribution in [1.29, 1.82) is 0 Å². The molecule has 116 valence electrons. The summed E-state index contributed by atoms with van der Waals surface area (Å²) in [6.07, 6.45) is 0.615. The second-order valence-corrected chi connectivity index (χ2v) is 5.20. The van der Waals surface area contributed by atoms with Crippen LogP contribution in [-0.2, 0) is 6.42 Å². The second-order valence-electron chi connectivity index (χ2n) is 5.20. The molecule has 23 heavy (non-hydrogen) atoms. The van der Waals surface area contributed by atoms with Crippen molar-refractivity contribution in [3.8, 4) is 0 Å². The second kappa shape index (κ2) is 6.31. The Kier molecular flexibility index (Phi) is 4.05. The number of fused-ring (bicyclic) bond motifs is 1. The number of nitro groups is 1. The molecule has 0 fully saturated rings. The predicted molar refractivity (Wildman–Crippen MR) is 87.4 cm³/mol. The third-order valence-corrected chi connectivity index (χ3v) is 3.62. The molecule has 0 atom stereocenters. The van der Waals surface area contributed by atoms with Gasteiger partial charge in [-0.15, -0.1) is 0 Å². The maximum absolute atomic E-state index is 12.1. The zero-order valence-corrected chi connectivity index (χ0v) is 12.3. The first-order chi connectivity index (χ1) is 11.1. The summed E-state index contributed by atoms with van der Waals surface area (Å²) < 4.78 is 0. The van der Waals surface area contributed by atoms with Gasteiger partial charge in [0.2, 0.25) is 0 Å². The summed E-state index contributed by atoms with van der Waals surface area (Å²) in [6.45, 7) is 0.464. The number of nitro benzene ring substituents is 1. The van der Waals surface area contributed by atoms with Gasteiger partial charge in [-0.3, -0.25) is 14.9 Å². The number of aromatic amines is 1. The van der Waals surface area contributed by atoms with Gasteiger partial charge in [-0.05, 0) is 24.1 Å². The van der Waals surface area contributed by atoms with Crippen molar-refractivity contribution in [2.75, 3.05) is 6.54 Å². The number of nitrogens with zero attached hydrogens (tertiary/aromatic N) is 1. The van der Waals surface area contributed by atoms with Crippen molar-refractivity contribution in [3.05, 3.63) is 76.0 Å². The Hall–Kier alpha value is -3.15. The number of para-hydroxylation sites is 1. The molecule has 0 aliphatic rings. The molecule has 1 amide bonds. The molecule has 2 aromatic carbocycles. The van der Waals surface area contributed by atoms with E-state index in [1.54, 1.807) is 12.1 Å². The highest BCUT2D eigenvalue weighted by Crippen LogP contribution is 2.15. The summed E-state index contributed by atoms with van der Waals surface area (Å²) >= 11 is 0. The smallest absolute Gasteiger partial charge is 0.269 e. The SMILES string of the molecule is O=C(NCCc1ccc([N+](=O)[O-])cc1)c1cc2ccccc2[nH]1. The van der Waals surface area contributed by atoms with E-state index in [0.29, 0.717) is 18.7 Å². The van der Waals surface area contributed by atoms with Gasteiger partial charge in [-0.2, -0.15) is 0 Å². The largest absolute Gasteiger partial charge is 0.351 e. The van der Waals surface area contributed by atoms with Gasteiger partial charge in [0, 0.05) is 29.6 Å². The Balaban J connectivity index is 1.57. The van der Waals surface area contributed by atoms with Crippen LogP contribution in [0, 0.1) is 10.1 Å². The molecular formula is C17H15N3O3. The van der Waals surface area contributed by atoms with Crippen LogP contribution < -0.4 is 5.32 Å². The Labute approximate surface area is 132 Å². The molecule has 0 saturated carbocycles. The standard InChI is InChI=1S/C17H15N3O3/c21-17(16-11-13-3-1-2-4-15(13)19-16)18-10-9-12-5-7-14(8-6-12)20(22)23/h1-8,11,19H,9-10H2,(H,18,21). The first kappa shape index (κ1) is 14.8. The number of carbonyl (C=O) groups is 1.